The number of carbonyl (C=O) groups is 1. The first-order valence-corrected chi connectivity index (χ1v) is 8.34. The van der Waals surface area contributed by atoms with Crippen molar-refractivity contribution >= 4 is 30.7 Å². The monoisotopic (exact) mass is 378 g/mol. The van der Waals surface area contributed by atoms with Crippen molar-refractivity contribution in [3.05, 3.63) is 12.7 Å². The molecule has 1 amide bonds. The first-order valence-electron chi connectivity index (χ1n) is 8.34. The van der Waals surface area contributed by atoms with E-state index in [0.29, 0.717) is 18.2 Å². The van der Waals surface area contributed by atoms with Gasteiger partial charge in [0.15, 0.2) is 0 Å². The van der Waals surface area contributed by atoms with Gasteiger partial charge in [-0.3, -0.25) is 9.48 Å². The highest BCUT2D eigenvalue weighted by atomic mass is 35.5. The summed E-state index contributed by atoms with van der Waals surface area (Å²) < 4.78 is 1.92. The summed E-state index contributed by atoms with van der Waals surface area (Å²) in [6, 6.07) is 0. The number of amides is 1. The van der Waals surface area contributed by atoms with Gasteiger partial charge >= 0.3 is 0 Å². The first kappa shape index (κ1) is 21.2. The Bertz CT molecular complexity index is 467. The standard InChI is InChI=1S/C15H26N6O.2ClH/c22-15(20-8-4-16-5-9-20)3-7-19-6-1-2-14(10-19)11-21-13-17-12-18-21;;/h12-14,16H,1-11H2;2*1H. The first-order chi connectivity index (χ1) is 10.8. The maximum atomic E-state index is 12.2. The van der Waals surface area contributed by atoms with Gasteiger partial charge in [-0.25, -0.2) is 4.98 Å². The van der Waals surface area contributed by atoms with Gasteiger partial charge in [0, 0.05) is 52.2 Å². The molecule has 0 radical (unpaired) electrons. The number of hydrogen-bond acceptors (Lipinski definition) is 5. The minimum atomic E-state index is 0. The second-order valence-corrected chi connectivity index (χ2v) is 6.31. The average molecular weight is 379 g/mol. The third-order valence-corrected chi connectivity index (χ3v) is 4.63. The van der Waals surface area contributed by atoms with Gasteiger partial charge in [0.05, 0.1) is 0 Å². The number of carbonyl (C=O) groups excluding carboxylic acids is 1. The van der Waals surface area contributed by atoms with E-state index in [9.17, 15) is 4.79 Å². The predicted molar refractivity (Wildman–Crippen MR) is 97.7 cm³/mol. The van der Waals surface area contributed by atoms with Crippen molar-refractivity contribution in [1.82, 2.24) is 29.9 Å². The topological polar surface area (TPSA) is 66.3 Å². The maximum absolute atomic E-state index is 12.2. The quantitative estimate of drug-likeness (QED) is 0.814. The van der Waals surface area contributed by atoms with Gasteiger partial charge in [-0.15, -0.1) is 24.8 Å². The minimum Gasteiger partial charge on any atom is -0.340 e. The van der Waals surface area contributed by atoms with Gasteiger partial charge in [0.1, 0.15) is 12.7 Å². The van der Waals surface area contributed by atoms with Crippen molar-refractivity contribution in [3.8, 4) is 0 Å². The van der Waals surface area contributed by atoms with Gasteiger partial charge in [-0.2, -0.15) is 5.10 Å². The van der Waals surface area contributed by atoms with Crippen LogP contribution in [0.4, 0.5) is 0 Å². The molecule has 0 spiro atoms. The lowest BCUT2D eigenvalue weighted by molar-refractivity contribution is -0.132. The fourth-order valence-electron chi connectivity index (χ4n) is 3.42. The predicted octanol–water partition coefficient (Wildman–Crippen LogP) is 0.656. The van der Waals surface area contributed by atoms with Crippen molar-refractivity contribution in [3.63, 3.8) is 0 Å². The Morgan fingerprint density at radius 2 is 2.00 bits per heavy atom. The highest BCUT2D eigenvalue weighted by Crippen LogP contribution is 2.18. The second kappa shape index (κ2) is 10.9. The minimum absolute atomic E-state index is 0. The molecule has 0 aliphatic carbocycles. The Balaban J connectivity index is 0.00000144. The molecule has 138 valence electrons. The molecule has 1 atom stereocenters. The Morgan fingerprint density at radius 3 is 2.71 bits per heavy atom. The van der Waals surface area contributed by atoms with Crippen molar-refractivity contribution in [2.75, 3.05) is 45.8 Å². The van der Waals surface area contributed by atoms with E-state index < -0.39 is 0 Å². The molecule has 24 heavy (non-hydrogen) atoms. The molecule has 3 rings (SSSR count). The number of piperidine rings is 1. The lowest BCUT2D eigenvalue weighted by atomic mass is 9.98. The molecule has 7 nitrogen and oxygen atoms in total. The van der Waals surface area contributed by atoms with Gasteiger partial charge < -0.3 is 15.1 Å². The van der Waals surface area contributed by atoms with Crippen LogP contribution in [0.2, 0.25) is 0 Å². The lowest BCUT2D eigenvalue weighted by Crippen LogP contribution is -2.47. The fraction of sp³-hybridized carbons (Fsp3) is 0.800. The van der Waals surface area contributed by atoms with Gasteiger partial charge in [0.25, 0.3) is 0 Å². The van der Waals surface area contributed by atoms with Crippen LogP contribution in [0.3, 0.4) is 0 Å². The molecule has 2 aliphatic heterocycles. The molecule has 1 aromatic heterocycles. The van der Waals surface area contributed by atoms with Crippen LogP contribution < -0.4 is 5.32 Å². The summed E-state index contributed by atoms with van der Waals surface area (Å²) in [7, 11) is 0. The van der Waals surface area contributed by atoms with Crippen LogP contribution in [-0.2, 0) is 11.3 Å². The zero-order valence-electron chi connectivity index (χ0n) is 14.0. The third-order valence-electron chi connectivity index (χ3n) is 4.63. The average Bonchev–Trinajstić information content (AvgIpc) is 3.07. The number of rotatable bonds is 5. The normalized spacial score (nSPS) is 21.7. The molecule has 2 aliphatic rings. The molecule has 3 heterocycles. The van der Waals surface area contributed by atoms with E-state index in [4.69, 9.17) is 0 Å². The highest BCUT2D eigenvalue weighted by Gasteiger charge is 2.22. The van der Waals surface area contributed by atoms with Crippen molar-refractivity contribution in [2.45, 2.75) is 25.8 Å². The summed E-state index contributed by atoms with van der Waals surface area (Å²) in [5.74, 6) is 0.921. The van der Waals surface area contributed by atoms with E-state index in [-0.39, 0.29) is 24.8 Å². The number of aromatic nitrogens is 3. The SMILES string of the molecule is Cl.Cl.O=C(CCN1CCCC(Cn2cncn2)C1)N1CCNCC1. The number of likely N-dealkylation sites (tertiary alicyclic amines) is 1. The zero-order valence-corrected chi connectivity index (χ0v) is 15.6. The maximum Gasteiger partial charge on any atom is 0.223 e. The Kier molecular flexibility index (Phi) is 9.58. The van der Waals surface area contributed by atoms with Crippen molar-refractivity contribution < 1.29 is 4.79 Å². The van der Waals surface area contributed by atoms with Gasteiger partial charge in [-0.05, 0) is 25.3 Å². The number of piperazine rings is 1. The summed E-state index contributed by atoms with van der Waals surface area (Å²) in [6.45, 7) is 7.56. The highest BCUT2D eigenvalue weighted by molar-refractivity contribution is 5.85. The molecule has 1 aromatic rings. The van der Waals surface area contributed by atoms with Gasteiger partial charge in [0.2, 0.25) is 5.91 Å². The molecular weight excluding hydrogens is 351 g/mol. The summed E-state index contributed by atoms with van der Waals surface area (Å²) in [4.78, 5) is 20.7. The molecule has 0 saturated carbocycles. The van der Waals surface area contributed by atoms with Crippen molar-refractivity contribution in [2.24, 2.45) is 5.92 Å². The molecule has 9 heteroatoms. The van der Waals surface area contributed by atoms with E-state index in [0.717, 1.165) is 52.4 Å². The summed E-state index contributed by atoms with van der Waals surface area (Å²) in [6.07, 6.45) is 6.47. The van der Waals surface area contributed by atoms with Crippen LogP contribution >= 0.6 is 24.8 Å². The third kappa shape index (κ3) is 6.20. The Hall–Kier alpha value is -0.890. The van der Waals surface area contributed by atoms with E-state index >= 15 is 0 Å². The molecule has 2 fully saturated rings. The van der Waals surface area contributed by atoms with Gasteiger partial charge in [-0.1, -0.05) is 0 Å². The summed E-state index contributed by atoms with van der Waals surface area (Å²) in [5, 5.41) is 7.48. The molecule has 0 aromatic carbocycles. The van der Waals surface area contributed by atoms with Crippen molar-refractivity contribution in [1.29, 1.82) is 0 Å². The van der Waals surface area contributed by atoms with Crippen LogP contribution in [0.25, 0.3) is 0 Å². The van der Waals surface area contributed by atoms with Crippen LogP contribution in [0.15, 0.2) is 12.7 Å². The Labute approximate surface area is 156 Å². The van der Waals surface area contributed by atoms with Crippen LogP contribution in [0.5, 0.6) is 0 Å². The summed E-state index contributed by atoms with van der Waals surface area (Å²) in [5.41, 5.74) is 0. The molecule has 0 bridgehead atoms. The molecule has 1 unspecified atom stereocenters. The number of hydrogen-bond donors (Lipinski definition) is 1. The smallest absolute Gasteiger partial charge is 0.223 e. The van der Waals surface area contributed by atoms with Crippen LogP contribution in [0, 0.1) is 5.92 Å². The van der Waals surface area contributed by atoms with E-state index in [1.165, 1.54) is 12.8 Å². The lowest BCUT2D eigenvalue weighted by Gasteiger charge is -2.33. The number of halogens is 2. The second-order valence-electron chi connectivity index (χ2n) is 6.31. The van der Waals surface area contributed by atoms with E-state index in [1.54, 1.807) is 12.7 Å². The van der Waals surface area contributed by atoms with Crippen LogP contribution in [0.1, 0.15) is 19.3 Å². The summed E-state index contributed by atoms with van der Waals surface area (Å²) >= 11 is 0. The van der Waals surface area contributed by atoms with Crippen LogP contribution in [-0.4, -0.2) is 76.3 Å². The van der Waals surface area contributed by atoms with E-state index in [2.05, 4.69) is 20.3 Å². The number of nitrogens with zero attached hydrogens (tertiary/aromatic N) is 5. The molecule has 2 saturated heterocycles. The fourth-order valence-corrected chi connectivity index (χ4v) is 3.42. The largest absolute Gasteiger partial charge is 0.340 e. The number of nitrogens with one attached hydrogen (secondary N) is 1. The van der Waals surface area contributed by atoms with E-state index in [1.807, 2.05) is 9.58 Å². The Morgan fingerprint density at radius 1 is 1.21 bits per heavy atom. The molecule has 1 N–H and O–H groups in total. The zero-order chi connectivity index (χ0) is 15.2. The molecular formula is C15H28Cl2N6O.